The van der Waals surface area contributed by atoms with E-state index < -0.39 is 0 Å². The zero-order chi connectivity index (χ0) is 13.9. The van der Waals surface area contributed by atoms with Crippen molar-refractivity contribution in [3.63, 3.8) is 0 Å². The van der Waals surface area contributed by atoms with Crippen molar-refractivity contribution in [2.45, 2.75) is 50.7 Å². The predicted octanol–water partition coefficient (Wildman–Crippen LogP) is 3.30. The maximum atomic E-state index is 12.2. The standard InChI is InChI=1S/C16H21ClN2O.ClH/c17-13-6-3-4-11(8-13)10-18-16(20)15-9-12-5-1-2-7-14(12)19-15;/h3-4,6,8,12,14-15,19H,1-2,5,7,9-10H2,(H,18,20);1H. The molecule has 3 unspecified atom stereocenters. The number of nitrogens with one attached hydrogen (secondary N) is 2. The van der Waals surface area contributed by atoms with Crippen molar-refractivity contribution < 1.29 is 4.79 Å². The molecule has 1 saturated heterocycles. The van der Waals surface area contributed by atoms with Crippen molar-refractivity contribution in [2.24, 2.45) is 5.92 Å². The van der Waals surface area contributed by atoms with Gasteiger partial charge < -0.3 is 10.6 Å². The van der Waals surface area contributed by atoms with Gasteiger partial charge in [-0.15, -0.1) is 12.4 Å². The van der Waals surface area contributed by atoms with Gasteiger partial charge >= 0.3 is 0 Å². The van der Waals surface area contributed by atoms with Crippen molar-refractivity contribution >= 4 is 29.9 Å². The second-order valence-corrected chi connectivity index (χ2v) is 6.39. The minimum Gasteiger partial charge on any atom is -0.351 e. The van der Waals surface area contributed by atoms with Crippen molar-refractivity contribution in [3.05, 3.63) is 34.9 Å². The van der Waals surface area contributed by atoms with Crippen molar-refractivity contribution in [2.75, 3.05) is 0 Å². The van der Waals surface area contributed by atoms with Crippen LogP contribution in [0.5, 0.6) is 0 Å². The summed E-state index contributed by atoms with van der Waals surface area (Å²) in [6.07, 6.45) is 6.11. The predicted molar refractivity (Wildman–Crippen MR) is 87.8 cm³/mol. The minimum absolute atomic E-state index is 0. The summed E-state index contributed by atoms with van der Waals surface area (Å²) in [6, 6.07) is 8.17. The highest BCUT2D eigenvalue weighted by molar-refractivity contribution is 6.30. The van der Waals surface area contributed by atoms with Crippen LogP contribution in [0, 0.1) is 5.92 Å². The van der Waals surface area contributed by atoms with Gasteiger partial charge in [0.1, 0.15) is 0 Å². The fourth-order valence-corrected chi connectivity index (χ4v) is 3.69. The molecule has 2 fully saturated rings. The summed E-state index contributed by atoms with van der Waals surface area (Å²) in [5.74, 6) is 0.824. The molecule has 1 heterocycles. The van der Waals surface area contributed by atoms with E-state index in [0.29, 0.717) is 23.5 Å². The lowest BCUT2D eigenvalue weighted by atomic mass is 9.85. The van der Waals surface area contributed by atoms with Crippen LogP contribution in [0.15, 0.2) is 24.3 Å². The normalized spacial score (nSPS) is 27.6. The molecule has 1 saturated carbocycles. The number of benzene rings is 1. The first kappa shape index (κ1) is 16.6. The molecule has 0 radical (unpaired) electrons. The Hall–Kier alpha value is -0.770. The number of carbonyl (C=O) groups excluding carboxylic acids is 1. The van der Waals surface area contributed by atoms with E-state index in [-0.39, 0.29) is 24.4 Å². The Labute approximate surface area is 137 Å². The molecule has 21 heavy (non-hydrogen) atoms. The summed E-state index contributed by atoms with van der Waals surface area (Å²) in [7, 11) is 0. The van der Waals surface area contributed by atoms with E-state index in [1.807, 2.05) is 24.3 Å². The number of carbonyl (C=O) groups is 1. The Kier molecular flexibility index (Phi) is 5.91. The molecular formula is C16H22Cl2N2O. The van der Waals surface area contributed by atoms with Gasteiger partial charge in [-0.1, -0.05) is 36.6 Å². The van der Waals surface area contributed by atoms with E-state index in [9.17, 15) is 4.79 Å². The van der Waals surface area contributed by atoms with Crippen LogP contribution in [0.25, 0.3) is 0 Å². The van der Waals surface area contributed by atoms with E-state index in [4.69, 9.17) is 11.6 Å². The number of halogens is 2. The molecule has 3 nitrogen and oxygen atoms in total. The fraction of sp³-hybridized carbons (Fsp3) is 0.562. The van der Waals surface area contributed by atoms with Gasteiger partial charge in [-0.2, -0.15) is 0 Å². The SMILES string of the molecule is Cl.O=C(NCc1cccc(Cl)c1)C1CC2CCCCC2N1. The summed E-state index contributed by atoms with van der Waals surface area (Å²) < 4.78 is 0. The Balaban J connectivity index is 0.00000161. The number of fused-ring (bicyclic) bond motifs is 1. The number of hydrogen-bond acceptors (Lipinski definition) is 2. The molecule has 116 valence electrons. The number of amides is 1. The molecule has 1 aliphatic heterocycles. The molecule has 1 aromatic rings. The third kappa shape index (κ3) is 4.12. The van der Waals surface area contributed by atoms with Crippen LogP contribution in [0.4, 0.5) is 0 Å². The van der Waals surface area contributed by atoms with Gasteiger partial charge in [-0.05, 0) is 42.9 Å². The van der Waals surface area contributed by atoms with Crippen LogP contribution in [0.3, 0.4) is 0 Å². The molecule has 5 heteroatoms. The molecule has 0 aromatic heterocycles. The van der Waals surface area contributed by atoms with Crippen LogP contribution in [-0.2, 0) is 11.3 Å². The van der Waals surface area contributed by atoms with Crippen LogP contribution >= 0.6 is 24.0 Å². The minimum atomic E-state index is -0.0118. The third-order valence-corrected chi connectivity index (χ3v) is 4.77. The lowest BCUT2D eigenvalue weighted by molar-refractivity contribution is -0.123. The van der Waals surface area contributed by atoms with E-state index in [1.165, 1.54) is 25.7 Å². The number of rotatable bonds is 3. The molecule has 1 aromatic carbocycles. The van der Waals surface area contributed by atoms with Crippen LogP contribution in [0.2, 0.25) is 5.02 Å². The summed E-state index contributed by atoms with van der Waals surface area (Å²) in [6.45, 7) is 0.549. The second kappa shape index (κ2) is 7.48. The lowest BCUT2D eigenvalue weighted by Crippen LogP contribution is -2.42. The Morgan fingerprint density at radius 2 is 2.14 bits per heavy atom. The smallest absolute Gasteiger partial charge is 0.237 e. The molecule has 2 aliphatic rings. The topological polar surface area (TPSA) is 41.1 Å². The largest absolute Gasteiger partial charge is 0.351 e. The Bertz CT molecular complexity index is 481. The highest BCUT2D eigenvalue weighted by atomic mass is 35.5. The Morgan fingerprint density at radius 3 is 2.90 bits per heavy atom. The summed E-state index contributed by atoms with van der Waals surface area (Å²) in [5.41, 5.74) is 1.04. The molecule has 1 amide bonds. The van der Waals surface area contributed by atoms with Gasteiger partial charge in [-0.3, -0.25) is 4.79 Å². The third-order valence-electron chi connectivity index (χ3n) is 4.54. The average Bonchev–Trinajstić information content (AvgIpc) is 2.89. The van der Waals surface area contributed by atoms with Crippen molar-refractivity contribution in [1.29, 1.82) is 0 Å². The maximum absolute atomic E-state index is 12.2. The molecular weight excluding hydrogens is 307 g/mol. The Morgan fingerprint density at radius 1 is 1.33 bits per heavy atom. The van der Waals surface area contributed by atoms with Gasteiger partial charge in [0.05, 0.1) is 6.04 Å². The summed E-state index contributed by atoms with van der Waals surface area (Å²) in [5, 5.41) is 7.23. The molecule has 0 spiro atoms. The first-order valence-electron chi connectivity index (χ1n) is 7.50. The van der Waals surface area contributed by atoms with Crippen LogP contribution < -0.4 is 10.6 Å². The fourth-order valence-electron chi connectivity index (χ4n) is 3.48. The summed E-state index contributed by atoms with van der Waals surface area (Å²) in [4.78, 5) is 12.2. The first-order chi connectivity index (χ1) is 9.72. The molecule has 3 rings (SSSR count). The molecule has 0 bridgehead atoms. The highest BCUT2D eigenvalue weighted by Crippen LogP contribution is 2.33. The van der Waals surface area contributed by atoms with Gasteiger partial charge in [0.2, 0.25) is 5.91 Å². The van der Waals surface area contributed by atoms with Crippen molar-refractivity contribution in [3.8, 4) is 0 Å². The first-order valence-corrected chi connectivity index (χ1v) is 7.88. The average molecular weight is 329 g/mol. The van der Waals surface area contributed by atoms with Gasteiger partial charge in [0.15, 0.2) is 0 Å². The molecule has 1 aliphatic carbocycles. The van der Waals surface area contributed by atoms with E-state index in [1.54, 1.807) is 0 Å². The van der Waals surface area contributed by atoms with Gasteiger partial charge in [0, 0.05) is 17.6 Å². The monoisotopic (exact) mass is 328 g/mol. The highest BCUT2D eigenvalue weighted by Gasteiger charge is 2.37. The molecule has 2 N–H and O–H groups in total. The summed E-state index contributed by atoms with van der Waals surface area (Å²) >= 11 is 5.94. The zero-order valence-electron chi connectivity index (χ0n) is 12.0. The quantitative estimate of drug-likeness (QED) is 0.893. The second-order valence-electron chi connectivity index (χ2n) is 5.95. The van der Waals surface area contributed by atoms with E-state index >= 15 is 0 Å². The van der Waals surface area contributed by atoms with Crippen LogP contribution in [0.1, 0.15) is 37.7 Å². The van der Waals surface area contributed by atoms with Crippen molar-refractivity contribution in [1.82, 2.24) is 10.6 Å². The van der Waals surface area contributed by atoms with Gasteiger partial charge in [-0.25, -0.2) is 0 Å². The maximum Gasteiger partial charge on any atom is 0.237 e. The lowest BCUT2D eigenvalue weighted by Gasteiger charge is -2.24. The molecule has 3 atom stereocenters. The van der Waals surface area contributed by atoms with Gasteiger partial charge in [0.25, 0.3) is 0 Å². The van der Waals surface area contributed by atoms with E-state index in [2.05, 4.69) is 10.6 Å². The van der Waals surface area contributed by atoms with Crippen LogP contribution in [-0.4, -0.2) is 18.0 Å². The van der Waals surface area contributed by atoms with E-state index in [0.717, 1.165) is 12.0 Å². The zero-order valence-corrected chi connectivity index (χ0v) is 13.6. The number of hydrogen-bond donors (Lipinski definition) is 2.